The number of fused-ring (bicyclic) bond motifs is 3. The van der Waals surface area contributed by atoms with E-state index >= 15 is 0 Å². The van der Waals surface area contributed by atoms with Crippen molar-refractivity contribution in [3.63, 3.8) is 0 Å². The number of imidazole rings is 1. The van der Waals surface area contributed by atoms with Crippen molar-refractivity contribution in [1.29, 1.82) is 0 Å². The normalized spacial score (nSPS) is 12.1. The van der Waals surface area contributed by atoms with E-state index in [1.54, 1.807) is 4.40 Å². The van der Waals surface area contributed by atoms with E-state index in [1.165, 1.54) is 11.3 Å². The van der Waals surface area contributed by atoms with Crippen LogP contribution in [0.3, 0.4) is 0 Å². The molecule has 0 saturated heterocycles. The Bertz CT molecular complexity index is 1440. The average Bonchev–Trinajstić information content (AvgIpc) is 3.24. The maximum atomic E-state index is 12.9. The zero-order valence-corrected chi connectivity index (χ0v) is 16.8. The maximum Gasteiger partial charge on any atom is 0.274 e. The molecule has 3 aromatic carbocycles. The monoisotopic (exact) mass is 418 g/mol. The Balaban J connectivity index is 1.47. The lowest BCUT2D eigenvalue weighted by molar-refractivity contribution is 0.306. The van der Waals surface area contributed by atoms with Gasteiger partial charge in [0.2, 0.25) is 0 Å². The quantitative estimate of drug-likeness (QED) is 0.425. The Hall–Kier alpha value is -3.15. The highest BCUT2D eigenvalue weighted by atomic mass is 35.5. The van der Waals surface area contributed by atoms with Crippen molar-refractivity contribution in [2.45, 2.75) is 6.61 Å². The van der Waals surface area contributed by atoms with Crippen LogP contribution in [0.1, 0.15) is 11.1 Å². The molecule has 0 aliphatic carbocycles. The van der Waals surface area contributed by atoms with Crippen molar-refractivity contribution < 1.29 is 4.74 Å². The number of ether oxygens (including phenoxy) is 1. The molecule has 4 nitrogen and oxygen atoms in total. The molecule has 0 atom stereocenters. The lowest BCUT2D eigenvalue weighted by Gasteiger charge is -2.08. The second kappa shape index (κ2) is 7.35. The molecule has 142 valence electrons. The molecular weight excluding hydrogens is 404 g/mol. The Kier molecular flexibility index (Phi) is 4.54. The van der Waals surface area contributed by atoms with Crippen molar-refractivity contribution >= 4 is 45.0 Å². The van der Waals surface area contributed by atoms with Crippen LogP contribution < -0.4 is 14.8 Å². The molecule has 0 unspecified atom stereocenters. The summed E-state index contributed by atoms with van der Waals surface area (Å²) >= 11 is 7.77. The van der Waals surface area contributed by atoms with Crippen molar-refractivity contribution in [2.75, 3.05) is 0 Å². The lowest BCUT2D eigenvalue weighted by atomic mass is 10.2. The van der Waals surface area contributed by atoms with Gasteiger partial charge in [0.05, 0.1) is 20.6 Å². The van der Waals surface area contributed by atoms with Gasteiger partial charge in [-0.05, 0) is 41.5 Å². The van der Waals surface area contributed by atoms with Gasteiger partial charge in [0.25, 0.3) is 5.56 Å². The Morgan fingerprint density at radius 1 is 1.03 bits per heavy atom. The number of aromatic nitrogens is 2. The van der Waals surface area contributed by atoms with Crippen LogP contribution in [-0.4, -0.2) is 9.38 Å². The molecule has 0 bridgehead atoms. The topological polar surface area (TPSA) is 43.6 Å². The molecule has 0 aliphatic rings. The molecule has 0 radical (unpaired) electrons. The van der Waals surface area contributed by atoms with Crippen LogP contribution in [0.15, 0.2) is 77.6 Å². The first-order valence-electron chi connectivity index (χ1n) is 9.07. The minimum atomic E-state index is -0.0702. The molecule has 0 aliphatic heterocycles. The van der Waals surface area contributed by atoms with E-state index in [0.29, 0.717) is 26.9 Å². The van der Waals surface area contributed by atoms with E-state index in [9.17, 15) is 4.79 Å². The fourth-order valence-electron chi connectivity index (χ4n) is 3.22. The number of para-hydroxylation sites is 2. The number of hydrogen-bond donors (Lipinski definition) is 0. The van der Waals surface area contributed by atoms with Crippen molar-refractivity contribution in [1.82, 2.24) is 9.38 Å². The SMILES string of the molecule is O=c1c(=Cc2ccc(OCc3ccccc3)c(Cl)c2)sc2nc3ccccc3n12. The van der Waals surface area contributed by atoms with Crippen molar-refractivity contribution in [3.8, 4) is 5.75 Å². The van der Waals surface area contributed by atoms with E-state index in [1.807, 2.05) is 78.9 Å². The third-order valence-electron chi connectivity index (χ3n) is 4.64. The van der Waals surface area contributed by atoms with E-state index in [2.05, 4.69) is 4.98 Å². The molecule has 0 saturated carbocycles. The standard InChI is InChI=1S/C23H15ClN2O2S/c24-17-12-16(10-11-20(17)28-14-15-6-2-1-3-7-15)13-21-22(27)26-19-9-5-4-8-18(19)25-23(26)29-21/h1-13H,14H2. The number of benzene rings is 3. The van der Waals surface area contributed by atoms with Crippen molar-refractivity contribution in [2.24, 2.45) is 0 Å². The fourth-order valence-corrected chi connectivity index (χ4v) is 4.45. The van der Waals surface area contributed by atoms with Gasteiger partial charge >= 0.3 is 0 Å². The molecule has 2 heterocycles. The second-order valence-corrected chi connectivity index (χ2v) is 8.01. The zero-order chi connectivity index (χ0) is 19.8. The molecule has 0 spiro atoms. The third-order valence-corrected chi connectivity index (χ3v) is 5.90. The summed E-state index contributed by atoms with van der Waals surface area (Å²) in [5, 5.41) is 0.508. The van der Waals surface area contributed by atoms with Gasteiger partial charge in [-0.1, -0.05) is 71.5 Å². The van der Waals surface area contributed by atoms with Crippen LogP contribution in [0.2, 0.25) is 5.02 Å². The molecular formula is C23H15ClN2O2S. The number of nitrogens with zero attached hydrogens (tertiary/aromatic N) is 2. The maximum absolute atomic E-state index is 12.9. The Morgan fingerprint density at radius 2 is 1.83 bits per heavy atom. The predicted molar refractivity (Wildman–Crippen MR) is 118 cm³/mol. The van der Waals surface area contributed by atoms with Gasteiger partial charge in [0, 0.05) is 0 Å². The number of halogens is 1. The fraction of sp³-hybridized carbons (Fsp3) is 0.0435. The van der Waals surface area contributed by atoms with Gasteiger partial charge in [0.15, 0.2) is 4.96 Å². The summed E-state index contributed by atoms with van der Waals surface area (Å²) in [6.07, 6.45) is 1.84. The highest BCUT2D eigenvalue weighted by Gasteiger charge is 2.11. The van der Waals surface area contributed by atoms with Crippen LogP contribution in [0.25, 0.3) is 22.1 Å². The van der Waals surface area contributed by atoms with E-state index in [4.69, 9.17) is 16.3 Å². The summed E-state index contributed by atoms with van der Waals surface area (Å²) in [5.74, 6) is 0.613. The van der Waals surface area contributed by atoms with Crippen LogP contribution >= 0.6 is 22.9 Å². The molecule has 0 amide bonds. The van der Waals surface area contributed by atoms with Gasteiger partial charge < -0.3 is 4.74 Å². The second-order valence-electron chi connectivity index (χ2n) is 6.60. The summed E-state index contributed by atoms with van der Waals surface area (Å²) in [7, 11) is 0. The van der Waals surface area contributed by atoms with Gasteiger partial charge in [-0.3, -0.25) is 4.79 Å². The highest BCUT2D eigenvalue weighted by molar-refractivity contribution is 7.15. The van der Waals surface area contributed by atoms with Crippen LogP contribution in [0, 0.1) is 0 Å². The van der Waals surface area contributed by atoms with Gasteiger partial charge in [-0.2, -0.15) is 0 Å². The molecule has 2 aromatic heterocycles. The molecule has 6 heteroatoms. The van der Waals surface area contributed by atoms with Crippen LogP contribution in [0.4, 0.5) is 0 Å². The first-order chi connectivity index (χ1) is 14.2. The number of rotatable bonds is 4. The zero-order valence-electron chi connectivity index (χ0n) is 15.2. The number of thiazole rings is 1. The summed E-state index contributed by atoms with van der Waals surface area (Å²) in [4.78, 5) is 18.1. The minimum Gasteiger partial charge on any atom is -0.487 e. The Labute approximate surface area is 175 Å². The predicted octanol–water partition coefficient (Wildman–Crippen LogP) is 4.69. The first-order valence-corrected chi connectivity index (χ1v) is 10.3. The Morgan fingerprint density at radius 3 is 2.66 bits per heavy atom. The van der Waals surface area contributed by atoms with Gasteiger partial charge in [-0.15, -0.1) is 0 Å². The van der Waals surface area contributed by atoms with Crippen LogP contribution in [-0.2, 0) is 6.61 Å². The summed E-state index contributed by atoms with van der Waals surface area (Å²) in [5.41, 5.74) is 3.49. The summed E-state index contributed by atoms with van der Waals surface area (Å²) in [6, 6.07) is 23.1. The van der Waals surface area contributed by atoms with E-state index < -0.39 is 0 Å². The van der Waals surface area contributed by atoms with Gasteiger partial charge in [-0.25, -0.2) is 9.38 Å². The van der Waals surface area contributed by atoms with Crippen LogP contribution in [0.5, 0.6) is 5.75 Å². The summed E-state index contributed by atoms with van der Waals surface area (Å²) in [6.45, 7) is 0.448. The molecule has 5 rings (SSSR count). The molecule has 29 heavy (non-hydrogen) atoms. The third kappa shape index (κ3) is 3.39. The van der Waals surface area contributed by atoms with Gasteiger partial charge in [0.1, 0.15) is 12.4 Å². The van der Waals surface area contributed by atoms with E-state index in [-0.39, 0.29) is 5.56 Å². The van der Waals surface area contributed by atoms with E-state index in [0.717, 1.165) is 22.2 Å². The highest BCUT2D eigenvalue weighted by Crippen LogP contribution is 2.26. The lowest BCUT2D eigenvalue weighted by Crippen LogP contribution is -2.22. The summed E-state index contributed by atoms with van der Waals surface area (Å²) < 4.78 is 8.09. The van der Waals surface area contributed by atoms with Crippen molar-refractivity contribution in [3.05, 3.63) is 104 Å². The molecule has 0 N–H and O–H groups in total. The first kappa shape index (κ1) is 17.9. The number of hydrogen-bond acceptors (Lipinski definition) is 4. The largest absolute Gasteiger partial charge is 0.487 e. The molecule has 0 fully saturated rings. The molecule has 5 aromatic rings. The smallest absolute Gasteiger partial charge is 0.274 e. The minimum absolute atomic E-state index is 0.0702. The average molecular weight is 419 g/mol.